The number of rotatable bonds is 1. The first-order valence-corrected chi connectivity index (χ1v) is 5.56. The van der Waals surface area contributed by atoms with Crippen LogP contribution < -0.4 is 11.5 Å². The average molecular weight is 273 g/mol. The molecule has 0 heterocycles. The standard InChI is InChI=1S/C11H10ClFN2O3/c12-9-4-1-2-7(18-11(15)17)10(16)8(4)6(14)3-5(9)13/h3,7H,1-2,14H2,(H2,15,17). The van der Waals surface area contributed by atoms with Gasteiger partial charge in [-0.1, -0.05) is 11.6 Å². The smallest absolute Gasteiger partial charge is 0.405 e. The van der Waals surface area contributed by atoms with E-state index in [1.807, 2.05) is 0 Å². The number of ether oxygens (including phenoxy) is 1. The summed E-state index contributed by atoms with van der Waals surface area (Å²) >= 11 is 5.79. The molecule has 0 aromatic heterocycles. The fourth-order valence-electron chi connectivity index (χ4n) is 2.05. The number of carbonyl (C=O) groups is 2. The minimum Gasteiger partial charge on any atom is -0.438 e. The molecular formula is C11H10ClFN2O3. The molecule has 0 saturated carbocycles. The largest absolute Gasteiger partial charge is 0.438 e. The van der Waals surface area contributed by atoms with Gasteiger partial charge in [-0.3, -0.25) is 4.79 Å². The highest BCUT2D eigenvalue weighted by molar-refractivity contribution is 6.32. The lowest BCUT2D eigenvalue weighted by Crippen LogP contribution is -2.35. The lowest BCUT2D eigenvalue weighted by Gasteiger charge is -2.24. The Morgan fingerprint density at radius 1 is 1.56 bits per heavy atom. The van der Waals surface area contributed by atoms with Gasteiger partial charge in [0.15, 0.2) is 6.10 Å². The summed E-state index contributed by atoms with van der Waals surface area (Å²) in [7, 11) is 0. The van der Waals surface area contributed by atoms with Crippen molar-refractivity contribution in [2.75, 3.05) is 5.73 Å². The van der Waals surface area contributed by atoms with Crippen LogP contribution in [0.2, 0.25) is 5.02 Å². The zero-order valence-corrected chi connectivity index (χ0v) is 9.96. The third-order valence-corrected chi connectivity index (χ3v) is 3.21. The van der Waals surface area contributed by atoms with Gasteiger partial charge in [0, 0.05) is 11.3 Å². The van der Waals surface area contributed by atoms with E-state index >= 15 is 0 Å². The van der Waals surface area contributed by atoms with E-state index in [1.165, 1.54) is 0 Å². The number of nitrogen functional groups attached to an aromatic ring is 1. The number of hydrogen-bond acceptors (Lipinski definition) is 4. The minimum atomic E-state index is -1.04. The number of benzene rings is 1. The molecule has 0 spiro atoms. The fourth-order valence-corrected chi connectivity index (χ4v) is 2.29. The topological polar surface area (TPSA) is 95.4 Å². The van der Waals surface area contributed by atoms with E-state index in [0.717, 1.165) is 6.07 Å². The molecule has 0 bridgehead atoms. The summed E-state index contributed by atoms with van der Waals surface area (Å²) in [5.41, 5.74) is 10.9. The van der Waals surface area contributed by atoms with Gasteiger partial charge in [0.2, 0.25) is 5.78 Å². The molecule has 4 N–H and O–H groups in total. The number of Topliss-reactive ketones (excluding diaryl/α,β-unsaturated/α-hetero) is 1. The van der Waals surface area contributed by atoms with Gasteiger partial charge in [-0.2, -0.15) is 0 Å². The molecule has 1 amide bonds. The molecule has 1 aromatic rings. The predicted molar refractivity (Wildman–Crippen MR) is 62.9 cm³/mol. The van der Waals surface area contributed by atoms with E-state index < -0.39 is 23.8 Å². The first-order valence-electron chi connectivity index (χ1n) is 5.18. The van der Waals surface area contributed by atoms with Crippen LogP contribution in [-0.2, 0) is 11.2 Å². The number of ketones is 1. The zero-order valence-electron chi connectivity index (χ0n) is 9.20. The summed E-state index contributed by atoms with van der Waals surface area (Å²) in [6.45, 7) is 0. The second-order valence-corrected chi connectivity index (χ2v) is 4.32. The maximum atomic E-state index is 13.4. The Morgan fingerprint density at radius 3 is 2.83 bits per heavy atom. The molecule has 96 valence electrons. The molecule has 0 radical (unpaired) electrons. The van der Waals surface area contributed by atoms with Crippen LogP contribution in [0.5, 0.6) is 0 Å². The molecule has 1 atom stereocenters. The van der Waals surface area contributed by atoms with Gasteiger partial charge in [0.05, 0.1) is 5.02 Å². The molecule has 1 unspecified atom stereocenters. The molecule has 1 aliphatic rings. The van der Waals surface area contributed by atoms with Crippen LogP contribution in [-0.4, -0.2) is 18.0 Å². The second-order valence-electron chi connectivity index (χ2n) is 3.94. The third-order valence-electron chi connectivity index (χ3n) is 2.80. The van der Waals surface area contributed by atoms with Gasteiger partial charge in [-0.05, 0) is 24.5 Å². The number of amides is 1. The normalized spacial score (nSPS) is 18.3. The minimum absolute atomic E-state index is 0.0188. The van der Waals surface area contributed by atoms with Crippen LogP contribution in [0.4, 0.5) is 14.9 Å². The van der Waals surface area contributed by atoms with Crippen molar-refractivity contribution in [3.05, 3.63) is 28.0 Å². The van der Waals surface area contributed by atoms with Crippen LogP contribution in [0.1, 0.15) is 22.3 Å². The average Bonchev–Trinajstić information content (AvgIpc) is 2.28. The Hall–Kier alpha value is -1.82. The molecule has 7 heteroatoms. The Balaban J connectivity index is 2.47. The number of carbonyl (C=O) groups excluding carboxylic acids is 2. The van der Waals surface area contributed by atoms with Crippen molar-refractivity contribution >= 4 is 29.2 Å². The highest BCUT2D eigenvalue weighted by atomic mass is 35.5. The summed E-state index contributed by atoms with van der Waals surface area (Å²) in [4.78, 5) is 22.7. The molecule has 0 fully saturated rings. The Morgan fingerprint density at radius 2 is 2.22 bits per heavy atom. The van der Waals surface area contributed by atoms with Crippen LogP contribution in [0.3, 0.4) is 0 Å². The highest BCUT2D eigenvalue weighted by Gasteiger charge is 2.33. The van der Waals surface area contributed by atoms with E-state index in [2.05, 4.69) is 4.74 Å². The monoisotopic (exact) mass is 272 g/mol. The van der Waals surface area contributed by atoms with Crippen molar-refractivity contribution in [1.82, 2.24) is 0 Å². The van der Waals surface area contributed by atoms with Crippen LogP contribution in [0.25, 0.3) is 0 Å². The van der Waals surface area contributed by atoms with E-state index in [-0.39, 0.29) is 22.7 Å². The predicted octanol–water partition coefficient (Wildman–Crippen LogP) is 1.65. The van der Waals surface area contributed by atoms with Crippen molar-refractivity contribution in [3.8, 4) is 0 Å². The first-order chi connectivity index (χ1) is 8.41. The van der Waals surface area contributed by atoms with E-state index in [0.29, 0.717) is 12.0 Å². The molecule has 18 heavy (non-hydrogen) atoms. The summed E-state index contributed by atoms with van der Waals surface area (Å²) in [6.07, 6.45) is -1.53. The summed E-state index contributed by atoms with van der Waals surface area (Å²) in [6, 6.07) is 0.978. The SMILES string of the molecule is NC(=O)OC1CCc2c(Cl)c(F)cc(N)c2C1=O. The van der Waals surface area contributed by atoms with Crippen molar-refractivity contribution in [1.29, 1.82) is 0 Å². The van der Waals surface area contributed by atoms with Gasteiger partial charge in [0.25, 0.3) is 0 Å². The lowest BCUT2D eigenvalue weighted by atomic mass is 9.87. The lowest BCUT2D eigenvalue weighted by molar-refractivity contribution is 0.0617. The van der Waals surface area contributed by atoms with Gasteiger partial charge < -0.3 is 16.2 Å². The zero-order chi connectivity index (χ0) is 13.4. The van der Waals surface area contributed by atoms with Crippen molar-refractivity contribution in [3.63, 3.8) is 0 Å². The Kier molecular flexibility index (Phi) is 3.13. The third kappa shape index (κ3) is 1.99. The Labute approximate surface area is 107 Å². The Bertz CT molecular complexity index is 548. The van der Waals surface area contributed by atoms with Crippen molar-refractivity contribution in [2.45, 2.75) is 18.9 Å². The molecule has 1 aromatic carbocycles. The van der Waals surface area contributed by atoms with Crippen LogP contribution in [0.15, 0.2) is 6.07 Å². The highest BCUT2D eigenvalue weighted by Crippen LogP contribution is 2.34. The number of nitrogens with two attached hydrogens (primary N) is 2. The first kappa shape index (κ1) is 12.6. The number of primary amides is 1. The maximum Gasteiger partial charge on any atom is 0.405 e. The molecule has 0 saturated heterocycles. The number of fused-ring (bicyclic) bond motifs is 1. The molecule has 0 aliphatic heterocycles. The second kappa shape index (κ2) is 4.45. The number of halogens is 2. The fraction of sp³-hybridized carbons (Fsp3) is 0.273. The molecule has 1 aliphatic carbocycles. The number of hydrogen-bond donors (Lipinski definition) is 2. The number of anilines is 1. The maximum absolute atomic E-state index is 13.4. The van der Waals surface area contributed by atoms with Gasteiger partial charge in [-0.15, -0.1) is 0 Å². The van der Waals surface area contributed by atoms with Crippen molar-refractivity contribution < 1.29 is 18.7 Å². The molecular weight excluding hydrogens is 263 g/mol. The summed E-state index contributed by atoms with van der Waals surface area (Å²) < 4.78 is 18.1. The van der Waals surface area contributed by atoms with E-state index in [4.69, 9.17) is 23.1 Å². The summed E-state index contributed by atoms with van der Waals surface area (Å²) in [5.74, 6) is -1.18. The van der Waals surface area contributed by atoms with E-state index in [1.54, 1.807) is 0 Å². The van der Waals surface area contributed by atoms with Crippen LogP contribution >= 0.6 is 11.6 Å². The molecule has 2 rings (SSSR count). The quantitative estimate of drug-likeness (QED) is 0.760. The van der Waals surface area contributed by atoms with Crippen molar-refractivity contribution in [2.24, 2.45) is 5.73 Å². The van der Waals surface area contributed by atoms with Gasteiger partial charge >= 0.3 is 6.09 Å². The summed E-state index contributed by atoms with van der Waals surface area (Å²) in [5, 5.41) is -0.120. The van der Waals surface area contributed by atoms with Crippen LogP contribution in [0, 0.1) is 5.82 Å². The van der Waals surface area contributed by atoms with Gasteiger partial charge in [0.1, 0.15) is 5.82 Å². The van der Waals surface area contributed by atoms with Gasteiger partial charge in [-0.25, -0.2) is 9.18 Å². The molecule has 5 nitrogen and oxygen atoms in total. The van der Waals surface area contributed by atoms with E-state index in [9.17, 15) is 14.0 Å².